The number of nitrogens with one attached hydrogen (secondary N) is 1. The van der Waals surface area contributed by atoms with Gasteiger partial charge in [0.05, 0.1) is 6.42 Å². The number of hydrogen-bond acceptors (Lipinski definition) is 2. The van der Waals surface area contributed by atoms with Crippen molar-refractivity contribution in [3.8, 4) is 0 Å². The molecule has 0 aromatic rings. The Labute approximate surface area is 89.0 Å². The molecule has 0 spiro atoms. The van der Waals surface area contributed by atoms with E-state index in [1.807, 2.05) is 0 Å². The Bertz CT molecular complexity index is 277. The van der Waals surface area contributed by atoms with E-state index in [0.29, 0.717) is 5.92 Å². The van der Waals surface area contributed by atoms with Gasteiger partial charge < -0.3 is 10.4 Å². The Hall–Kier alpha value is -1.06. The van der Waals surface area contributed by atoms with Gasteiger partial charge in [-0.2, -0.15) is 0 Å². The summed E-state index contributed by atoms with van der Waals surface area (Å²) in [5.41, 5.74) is 0. The van der Waals surface area contributed by atoms with Gasteiger partial charge in [-0.25, -0.2) is 0 Å². The molecule has 2 rings (SSSR count). The molecule has 3 atom stereocenters. The van der Waals surface area contributed by atoms with Crippen molar-refractivity contribution in [3.63, 3.8) is 0 Å². The first kappa shape index (κ1) is 10.5. The van der Waals surface area contributed by atoms with Crippen molar-refractivity contribution >= 4 is 11.9 Å². The second-order valence-electron chi connectivity index (χ2n) is 4.72. The van der Waals surface area contributed by atoms with Gasteiger partial charge in [0.15, 0.2) is 0 Å². The van der Waals surface area contributed by atoms with E-state index in [9.17, 15) is 9.59 Å². The van der Waals surface area contributed by atoms with Gasteiger partial charge in [0.25, 0.3) is 0 Å². The van der Waals surface area contributed by atoms with E-state index in [2.05, 4.69) is 5.32 Å². The van der Waals surface area contributed by atoms with Crippen LogP contribution in [-0.4, -0.2) is 23.5 Å². The van der Waals surface area contributed by atoms with E-state index >= 15 is 0 Å². The highest BCUT2D eigenvalue weighted by Gasteiger charge is 2.42. The van der Waals surface area contributed by atoms with Crippen LogP contribution in [0.25, 0.3) is 0 Å². The molecule has 0 radical (unpaired) electrons. The summed E-state index contributed by atoms with van der Waals surface area (Å²) < 4.78 is 0. The van der Waals surface area contributed by atoms with Gasteiger partial charge in [0.2, 0.25) is 5.91 Å². The first-order chi connectivity index (χ1) is 7.16. The molecular weight excluding hydrogens is 194 g/mol. The van der Waals surface area contributed by atoms with E-state index in [1.54, 1.807) is 0 Å². The van der Waals surface area contributed by atoms with Crippen LogP contribution in [0.2, 0.25) is 0 Å². The molecule has 15 heavy (non-hydrogen) atoms. The Kier molecular flexibility index (Phi) is 2.93. The Balaban J connectivity index is 1.74. The average Bonchev–Trinajstić information content (AvgIpc) is 2.77. The van der Waals surface area contributed by atoms with Gasteiger partial charge in [-0.1, -0.05) is 6.42 Å². The minimum atomic E-state index is -0.858. The van der Waals surface area contributed by atoms with Crippen LogP contribution in [0.1, 0.15) is 32.1 Å². The summed E-state index contributed by atoms with van der Waals surface area (Å²) in [5, 5.41) is 11.2. The molecule has 84 valence electrons. The lowest BCUT2D eigenvalue weighted by Crippen LogP contribution is -2.34. The summed E-state index contributed by atoms with van der Waals surface area (Å²) in [4.78, 5) is 22.0. The van der Waals surface area contributed by atoms with E-state index < -0.39 is 5.97 Å². The number of carbonyl (C=O) groups is 2. The molecule has 2 saturated carbocycles. The molecule has 1 amide bonds. The van der Waals surface area contributed by atoms with Gasteiger partial charge in [0, 0.05) is 12.5 Å². The average molecular weight is 211 g/mol. The van der Waals surface area contributed by atoms with Crippen LogP contribution in [0.3, 0.4) is 0 Å². The van der Waals surface area contributed by atoms with Gasteiger partial charge in [-0.05, 0) is 31.1 Å². The summed E-state index contributed by atoms with van der Waals surface area (Å²) in [6.07, 6.45) is 4.71. The molecule has 2 N–H and O–H groups in total. The zero-order valence-electron chi connectivity index (χ0n) is 8.74. The first-order valence-electron chi connectivity index (χ1n) is 5.66. The second kappa shape index (κ2) is 4.21. The van der Waals surface area contributed by atoms with Crippen molar-refractivity contribution in [2.24, 2.45) is 17.8 Å². The number of rotatable bonds is 4. The fraction of sp³-hybridized carbons (Fsp3) is 0.818. The molecular formula is C11H17NO3. The van der Waals surface area contributed by atoms with Gasteiger partial charge in [-0.15, -0.1) is 0 Å². The molecule has 3 unspecified atom stereocenters. The maximum atomic E-state index is 11.7. The topological polar surface area (TPSA) is 66.4 Å². The lowest BCUT2D eigenvalue weighted by molar-refractivity contribution is -0.137. The monoisotopic (exact) mass is 211 g/mol. The molecule has 0 aromatic heterocycles. The summed E-state index contributed by atoms with van der Waals surface area (Å²) in [7, 11) is 0. The molecule has 4 heteroatoms. The maximum Gasteiger partial charge on any atom is 0.305 e. The molecule has 0 saturated heterocycles. The van der Waals surface area contributed by atoms with E-state index in [1.165, 1.54) is 19.3 Å². The number of carbonyl (C=O) groups excluding carboxylic acids is 1. The summed E-state index contributed by atoms with van der Waals surface area (Å²) >= 11 is 0. The largest absolute Gasteiger partial charge is 0.481 e. The van der Waals surface area contributed by atoms with Gasteiger partial charge in [-0.3, -0.25) is 9.59 Å². The Morgan fingerprint density at radius 1 is 1.27 bits per heavy atom. The minimum Gasteiger partial charge on any atom is -0.481 e. The molecule has 0 aliphatic heterocycles. The second-order valence-corrected chi connectivity index (χ2v) is 4.72. The van der Waals surface area contributed by atoms with Crippen LogP contribution < -0.4 is 5.32 Å². The fourth-order valence-corrected chi connectivity index (χ4v) is 2.99. The molecule has 0 heterocycles. The van der Waals surface area contributed by atoms with Crippen LogP contribution in [0.15, 0.2) is 0 Å². The third kappa shape index (κ3) is 2.30. The predicted octanol–water partition coefficient (Wildman–Crippen LogP) is 1.01. The summed E-state index contributed by atoms with van der Waals surface area (Å²) in [6, 6.07) is 0. The van der Waals surface area contributed by atoms with E-state index in [4.69, 9.17) is 5.11 Å². The maximum absolute atomic E-state index is 11.7. The molecule has 2 aliphatic rings. The molecule has 2 fully saturated rings. The normalized spacial score (nSPS) is 32.9. The summed E-state index contributed by atoms with van der Waals surface area (Å²) in [6.45, 7) is 0.266. The van der Waals surface area contributed by atoms with Crippen LogP contribution in [-0.2, 0) is 9.59 Å². The predicted molar refractivity (Wildman–Crippen MR) is 54.2 cm³/mol. The number of aliphatic carboxylic acids is 1. The third-order valence-electron chi connectivity index (χ3n) is 3.71. The number of hydrogen-bond donors (Lipinski definition) is 2. The van der Waals surface area contributed by atoms with Crippen LogP contribution in [0.5, 0.6) is 0 Å². The summed E-state index contributed by atoms with van der Waals surface area (Å²) in [5.74, 6) is 0.703. The number of carboxylic acids is 1. The van der Waals surface area contributed by atoms with Gasteiger partial charge in [0.1, 0.15) is 0 Å². The third-order valence-corrected chi connectivity index (χ3v) is 3.71. The Morgan fingerprint density at radius 3 is 2.60 bits per heavy atom. The lowest BCUT2D eigenvalue weighted by Gasteiger charge is -2.20. The smallest absolute Gasteiger partial charge is 0.305 e. The number of carboxylic acid groups (broad SMARTS) is 1. The SMILES string of the molecule is O=C(O)CCNC(=O)C1CC2CCC1C2. The van der Waals surface area contributed by atoms with Crippen LogP contribution in [0.4, 0.5) is 0 Å². The highest BCUT2D eigenvalue weighted by molar-refractivity contribution is 5.80. The van der Waals surface area contributed by atoms with Crippen molar-refractivity contribution < 1.29 is 14.7 Å². The standard InChI is InChI=1S/C11H17NO3/c13-10(14)3-4-12-11(15)9-6-7-1-2-8(9)5-7/h7-9H,1-6H2,(H,12,15)(H,13,14). The van der Waals surface area contributed by atoms with Crippen molar-refractivity contribution in [2.45, 2.75) is 32.1 Å². The number of fused-ring (bicyclic) bond motifs is 2. The highest BCUT2D eigenvalue weighted by atomic mass is 16.4. The molecule has 2 aliphatic carbocycles. The minimum absolute atomic E-state index is 0.0204. The van der Waals surface area contributed by atoms with Crippen LogP contribution in [0, 0.1) is 17.8 Å². The lowest BCUT2D eigenvalue weighted by atomic mass is 9.88. The highest BCUT2D eigenvalue weighted by Crippen LogP contribution is 2.48. The van der Waals surface area contributed by atoms with E-state index in [0.717, 1.165) is 12.3 Å². The Morgan fingerprint density at radius 2 is 2.07 bits per heavy atom. The first-order valence-corrected chi connectivity index (χ1v) is 5.66. The quantitative estimate of drug-likeness (QED) is 0.729. The van der Waals surface area contributed by atoms with Crippen molar-refractivity contribution in [1.82, 2.24) is 5.32 Å². The van der Waals surface area contributed by atoms with Crippen molar-refractivity contribution in [1.29, 1.82) is 0 Å². The number of amides is 1. The zero-order valence-corrected chi connectivity index (χ0v) is 8.74. The zero-order chi connectivity index (χ0) is 10.8. The van der Waals surface area contributed by atoms with Crippen molar-refractivity contribution in [2.75, 3.05) is 6.54 Å². The van der Waals surface area contributed by atoms with Gasteiger partial charge >= 0.3 is 5.97 Å². The molecule has 0 aromatic carbocycles. The van der Waals surface area contributed by atoms with E-state index in [-0.39, 0.29) is 24.8 Å². The van der Waals surface area contributed by atoms with Crippen LogP contribution >= 0.6 is 0 Å². The molecule has 2 bridgehead atoms. The molecule has 4 nitrogen and oxygen atoms in total. The fourth-order valence-electron chi connectivity index (χ4n) is 2.99. The van der Waals surface area contributed by atoms with Crippen molar-refractivity contribution in [3.05, 3.63) is 0 Å².